The van der Waals surface area contributed by atoms with E-state index in [4.69, 9.17) is 0 Å². The van der Waals surface area contributed by atoms with Crippen LogP contribution < -0.4 is 0 Å². The Morgan fingerprint density at radius 1 is 0.400 bits per heavy atom. The molecule has 0 N–H and O–H groups in total. The summed E-state index contributed by atoms with van der Waals surface area (Å²) >= 11 is 0. The van der Waals surface area contributed by atoms with Gasteiger partial charge in [-0.05, 0) is 0 Å². The lowest BCUT2D eigenvalue weighted by Crippen LogP contribution is -0.381. The Morgan fingerprint density at radius 2 is 0.400 bits per heavy atom. The molecule has 0 aromatic heterocycles. The van der Waals surface area contributed by atoms with E-state index in [9.17, 15) is 0 Å². The van der Waals surface area contributed by atoms with Crippen molar-refractivity contribution in [3.63, 3.8) is 0 Å². The first kappa shape index (κ1) is 42.1. The van der Waals surface area contributed by atoms with Gasteiger partial charge in [-0.1, -0.05) is 0 Å². The highest BCUT2D eigenvalue weighted by Gasteiger charge is 0.0000383. The Bertz CT molecular complexity index is 3.61. The molecule has 0 fully saturated rings. The maximum Gasteiger partial charge on any atom is 0 e. The normalized spacial score (nSPS) is 0. The largest absolute Gasteiger partial charge is 0.107 e. The Kier molecular flexibility index (Phi) is 230. The minimum atomic E-state index is 0. The Morgan fingerprint density at radius 3 is 0.400 bits per heavy atom. The second kappa shape index (κ2) is 27.3. The summed E-state index contributed by atoms with van der Waals surface area (Å²) in [6.45, 7) is 0. The predicted octanol–water partition coefficient (Wildman–Crippen LogP) is 2.09. The minimum absolute atomic E-state index is 0. The van der Waals surface area contributed by atoms with Gasteiger partial charge in [-0.15, -0.1) is 95.9 Å². The van der Waals surface area contributed by atoms with Crippen molar-refractivity contribution in [3.05, 3.63) is 0 Å². The smallest absolute Gasteiger partial charge is 0 e. The van der Waals surface area contributed by atoms with E-state index in [0.29, 0.717) is 0 Å². The maximum atomic E-state index is 0. The number of rotatable bonds is 0. The van der Waals surface area contributed by atoms with E-state index in [2.05, 4.69) is 0 Å². The molecule has 0 aliphatic heterocycles. The van der Waals surface area contributed by atoms with Gasteiger partial charge in [0.25, 0.3) is 0 Å². The highest BCUT2D eigenvalue weighted by Crippen LogP contribution is 0.889. The van der Waals surface area contributed by atoms with Gasteiger partial charge in [-0.25, -0.2) is 0 Å². The number of hydrogen-bond acceptors (Lipinski definition) is 0. The van der Waals surface area contributed by atoms with Crippen LogP contribution in [-0.4, -0.2) is 11.0 Å². The number of hydrogen-bond donors (Lipinski definition) is 0. The lowest BCUT2D eigenvalue weighted by molar-refractivity contribution is 5.75. The molecule has 0 saturated heterocycles. The molecule has 4 radical (unpaired) electrons. The molecule has 0 aromatic rings. The molecule has 0 atom stereocenters. The molecule has 0 rings (SSSR count). The van der Waals surface area contributed by atoms with Crippen LogP contribution in [0.15, 0.2) is 0 Å². The van der Waals surface area contributed by atoms with Crippen molar-refractivity contribution in [2.45, 2.75) is 0 Å². The molecule has 0 nitrogen and oxygen atoms in total. The summed E-state index contributed by atoms with van der Waals surface area (Å²) in [4.78, 5) is 0. The Balaban J connectivity index is 0. The highest BCUT2D eigenvalue weighted by molar-refractivity contribution is 14.0. The molecule has 36 valence electrons. The fraction of sp³-hybridized carbons (Fsp3) is 0. The molecule has 0 amide bonds. The lowest BCUT2D eigenvalue weighted by Gasteiger charge is -0.108. The first-order chi connectivity index (χ1) is 0. The average Bonchev–Trinajstić information content (AvgIpc) is 0. The van der Waals surface area contributed by atoms with E-state index >= 15 is 0 Å². The molecule has 0 aromatic carbocycles. The predicted molar refractivity (Wildman–Crippen MR) is 67.4 cm³/mol. The number of halogens is 4. The van der Waals surface area contributed by atoms with Crippen LogP contribution in [0, 0.1) is 0 Å². The second-order valence-corrected chi connectivity index (χ2v) is 0. The van der Waals surface area contributed by atoms with E-state index in [1.165, 1.54) is 0 Å². The van der Waals surface area contributed by atoms with Gasteiger partial charge in [-0.3, -0.25) is 0 Å². The second-order valence-electron chi connectivity index (χ2n) is 0. The summed E-state index contributed by atoms with van der Waals surface area (Å²) in [6, 6.07) is 0. The van der Waals surface area contributed by atoms with Crippen molar-refractivity contribution in [2.24, 2.45) is 0 Å². The molecule has 0 unspecified atom stereocenters. The van der Waals surface area contributed by atoms with Crippen molar-refractivity contribution in [3.8, 4) is 0 Å². The van der Waals surface area contributed by atoms with Gasteiger partial charge in [0.15, 0.2) is 0 Å². The van der Waals surface area contributed by atoms with E-state index in [0.717, 1.165) is 0 Å². The van der Waals surface area contributed by atoms with E-state index in [1.807, 2.05) is 0 Å². The van der Waals surface area contributed by atoms with Gasteiger partial charge in [0.05, 0.1) is 0 Å². The maximum absolute atomic E-state index is 0. The molecule has 5 heavy (non-hydrogen) atoms. The van der Waals surface area contributed by atoms with Crippen molar-refractivity contribution in [1.82, 2.24) is 0 Å². The van der Waals surface area contributed by atoms with Crippen LogP contribution in [0.1, 0.15) is 0 Å². The van der Waals surface area contributed by atoms with E-state index < -0.39 is 0 Å². The van der Waals surface area contributed by atoms with Crippen LogP contribution in [0.2, 0.25) is 0 Å². The standard InChI is InChI=1S/4HI.Si/h4*1H;. The Hall–Kier alpha value is 3.14. The molecule has 0 saturated carbocycles. The average molecular weight is 540 g/mol. The van der Waals surface area contributed by atoms with Crippen molar-refractivity contribution in [1.29, 1.82) is 0 Å². The third-order valence-electron chi connectivity index (χ3n) is 0. The summed E-state index contributed by atoms with van der Waals surface area (Å²) in [5.74, 6) is 0. The van der Waals surface area contributed by atoms with Crippen molar-refractivity contribution >= 4 is 107 Å². The van der Waals surface area contributed by atoms with Gasteiger partial charge in [0, 0.05) is 11.0 Å². The topological polar surface area (TPSA) is 0 Å². The zero-order valence-corrected chi connectivity index (χ0v) is 12.5. The third-order valence-corrected chi connectivity index (χ3v) is 0. The molecule has 0 aliphatic carbocycles. The summed E-state index contributed by atoms with van der Waals surface area (Å²) in [5.41, 5.74) is 0. The van der Waals surface area contributed by atoms with Crippen LogP contribution in [0.4, 0.5) is 0 Å². The van der Waals surface area contributed by atoms with Gasteiger partial charge in [-0.2, -0.15) is 0 Å². The van der Waals surface area contributed by atoms with Gasteiger partial charge >= 0.3 is 0 Å². The monoisotopic (exact) mass is 540 g/mol. The Labute approximate surface area is 105 Å². The molecule has 5 heteroatoms. The first-order valence-corrected chi connectivity index (χ1v) is 0. The van der Waals surface area contributed by atoms with Gasteiger partial charge in [0.2, 0.25) is 0 Å². The summed E-state index contributed by atoms with van der Waals surface area (Å²) in [6.07, 6.45) is 0. The molecule has 0 aliphatic rings. The van der Waals surface area contributed by atoms with E-state index in [1.54, 1.807) is 0 Å². The molecule has 0 spiro atoms. The SMILES string of the molecule is I.I.I.I.[Si]. The molecule has 0 heterocycles. The van der Waals surface area contributed by atoms with Gasteiger partial charge in [0.1, 0.15) is 0 Å². The fourth-order valence-corrected chi connectivity index (χ4v) is 0. The van der Waals surface area contributed by atoms with Crippen LogP contribution in [0.3, 0.4) is 0 Å². The molecular formula is H4I4Si. The zero-order valence-electron chi connectivity index (χ0n) is 2.13. The molecular weight excluding hydrogens is 536 g/mol. The summed E-state index contributed by atoms with van der Waals surface area (Å²) in [5, 5.41) is 0. The third kappa shape index (κ3) is 19.1. The lowest BCUT2D eigenvalue weighted by atomic mass is 28.1. The zero-order chi connectivity index (χ0) is 0. The summed E-state index contributed by atoms with van der Waals surface area (Å²) < 4.78 is 0. The van der Waals surface area contributed by atoms with Crippen LogP contribution in [0.25, 0.3) is 0 Å². The van der Waals surface area contributed by atoms with E-state index in [-0.39, 0.29) is 107 Å². The summed E-state index contributed by atoms with van der Waals surface area (Å²) in [7, 11) is 0. The highest BCUT2D eigenvalue weighted by atomic mass is 127. The van der Waals surface area contributed by atoms with Crippen molar-refractivity contribution < 1.29 is 0 Å². The van der Waals surface area contributed by atoms with Gasteiger partial charge < -0.3 is 0 Å². The van der Waals surface area contributed by atoms with Crippen molar-refractivity contribution in [2.75, 3.05) is 0 Å². The van der Waals surface area contributed by atoms with Crippen LogP contribution in [-0.2, 0) is 0 Å². The fourth-order valence-electron chi connectivity index (χ4n) is 0. The van der Waals surface area contributed by atoms with Crippen LogP contribution >= 0.6 is 95.9 Å². The minimum Gasteiger partial charge on any atom is -0.107 e. The van der Waals surface area contributed by atoms with Crippen LogP contribution in [0.5, 0.6) is 0 Å². The molecule has 0 bridgehead atoms. The quantitative estimate of drug-likeness (QED) is 0.327. The first-order valence-electron chi connectivity index (χ1n) is 0.